The molecule has 1 heterocycles. The fourth-order valence-corrected chi connectivity index (χ4v) is 0.786. The molecule has 14 heavy (non-hydrogen) atoms. The lowest BCUT2D eigenvalue weighted by atomic mass is 10.2. The van der Waals surface area contributed by atoms with E-state index in [9.17, 15) is 14.4 Å². The highest BCUT2D eigenvalue weighted by Crippen LogP contribution is 2.06. The molecule has 0 aliphatic carbocycles. The third-order valence-corrected chi connectivity index (χ3v) is 1.34. The molecule has 3 N–H and O–H groups in total. The highest BCUT2D eigenvalue weighted by atomic mass is 16.4. The monoisotopic (exact) mass is 200 g/mol. The Morgan fingerprint density at radius 3 is 2.00 bits per heavy atom. The van der Waals surface area contributed by atoms with Gasteiger partial charge in [-0.3, -0.25) is 0 Å². The predicted molar refractivity (Wildman–Crippen MR) is 39.6 cm³/mol. The molecule has 74 valence electrons. The van der Waals surface area contributed by atoms with Gasteiger partial charge in [-0.1, -0.05) is 0 Å². The van der Waals surface area contributed by atoms with Crippen LogP contribution in [0.4, 0.5) is 4.79 Å². The molecule has 0 fully saturated rings. The number of carboxylic acids is 2. The molecular formula is C6H4N2O6. The molecule has 0 unspecified atom stereocenters. The first kappa shape index (κ1) is 9.71. The van der Waals surface area contributed by atoms with Crippen LogP contribution in [0.25, 0.3) is 0 Å². The molecule has 0 spiro atoms. The third kappa shape index (κ3) is 1.53. The van der Waals surface area contributed by atoms with Crippen LogP contribution in [-0.4, -0.2) is 43.1 Å². The maximum absolute atomic E-state index is 10.5. The summed E-state index contributed by atoms with van der Waals surface area (Å²) in [7, 11) is 0. The summed E-state index contributed by atoms with van der Waals surface area (Å²) in [5.74, 6) is -3.14. The lowest BCUT2D eigenvalue weighted by Crippen LogP contribution is -2.10. The van der Waals surface area contributed by atoms with Gasteiger partial charge in [0.2, 0.25) is 0 Å². The number of hydrogen-bond acceptors (Lipinski definition) is 4. The van der Waals surface area contributed by atoms with E-state index in [1.165, 1.54) is 0 Å². The Morgan fingerprint density at radius 1 is 1.14 bits per heavy atom. The van der Waals surface area contributed by atoms with E-state index < -0.39 is 29.3 Å². The van der Waals surface area contributed by atoms with E-state index in [0.717, 1.165) is 0 Å². The fraction of sp³-hybridized carbons (Fsp3) is 0. The van der Waals surface area contributed by atoms with Gasteiger partial charge in [-0.05, 0) is 0 Å². The van der Waals surface area contributed by atoms with Gasteiger partial charge in [-0.2, -0.15) is 9.78 Å². The summed E-state index contributed by atoms with van der Waals surface area (Å²) in [6, 6.07) is 0. The minimum Gasteiger partial charge on any atom is -0.478 e. The maximum atomic E-state index is 10.5. The Balaban J connectivity index is 3.33. The van der Waals surface area contributed by atoms with Crippen molar-refractivity contribution >= 4 is 18.0 Å². The van der Waals surface area contributed by atoms with Crippen molar-refractivity contribution in [3.63, 3.8) is 0 Å². The molecule has 0 aliphatic rings. The Hall–Kier alpha value is -2.38. The zero-order chi connectivity index (χ0) is 10.9. The molecule has 0 radical (unpaired) electrons. The van der Waals surface area contributed by atoms with E-state index in [4.69, 9.17) is 15.3 Å². The Morgan fingerprint density at radius 2 is 1.71 bits per heavy atom. The van der Waals surface area contributed by atoms with Crippen molar-refractivity contribution in [1.29, 1.82) is 0 Å². The molecule has 0 bridgehead atoms. The van der Waals surface area contributed by atoms with E-state index >= 15 is 0 Å². The summed E-state index contributed by atoms with van der Waals surface area (Å²) in [5.41, 5.74) is -1.47. The van der Waals surface area contributed by atoms with Gasteiger partial charge in [0.25, 0.3) is 0 Å². The van der Waals surface area contributed by atoms with Crippen LogP contribution in [0.1, 0.15) is 20.8 Å². The van der Waals surface area contributed by atoms with Gasteiger partial charge in [-0.15, -0.1) is 0 Å². The minimum atomic E-state index is -1.60. The van der Waals surface area contributed by atoms with Gasteiger partial charge in [-0.25, -0.2) is 14.4 Å². The average Bonchev–Trinajstić information content (AvgIpc) is 2.47. The number of nitrogens with zero attached hydrogens (tertiary/aromatic N) is 2. The zero-order valence-electron chi connectivity index (χ0n) is 6.54. The van der Waals surface area contributed by atoms with Crippen molar-refractivity contribution in [1.82, 2.24) is 9.78 Å². The Kier molecular flexibility index (Phi) is 2.19. The summed E-state index contributed by atoms with van der Waals surface area (Å²) in [4.78, 5) is 31.2. The molecule has 0 aromatic carbocycles. The zero-order valence-corrected chi connectivity index (χ0v) is 6.54. The van der Waals surface area contributed by atoms with E-state index in [1.807, 2.05) is 0 Å². The normalized spacial score (nSPS) is 9.71. The number of hydrogen-bond donors (Lipinski definition) is 3. The van der Waals surface area contributed by atoms with E-state index in [1.54, 1.807) is 0 Å². The molecule has 0 aliphatic heterocycles. The lowest BCUT2D eigenvalue weighted by Gasteiger charge is -1.88. The number of aromatic nitrogens is 2. The SMILES string of the molecule is O=C(O)c1cn(C(=O)O)nc1C(=O)O. The third-order valence-electron chi connectivity index (χ3n) is 1.34. The quantitative estimate of drug-likeness (QED) is 0.602. The van der Waals surface area contributed by atoms with E-state index in [-0.39, 0.29) is 4.68 Å². The molecular weight excluding hydrogens is 196 g/mol. The predicted octanol–water partition coefficient (Wildman–Crippen LogP) is -0.194. The molecule has 8 nitrogen and oxygen atoms in total. The fourth-order valence-electron chi connectivity index (χ4n) is 0.786. The second-order valence-electron chi connectivity index (χ2n) is 2.23. The highest BCUT2D eigenvalue weighted by molar-refractivity contribution is 6.00. The van der Waals surface area contributed by atoms with Crippen LogP contribution >= 0.6 is 0 Å². The largest absolute Gasteiger partial charge is 0.478 e. The molecule has 1 aromatic rings. The maximum Gasteiger partial charge on any atom is 0.432 e. The summed E-state index contributed by atoms with van der Waals surface area (Å²) in [6.45, 7) is 0. The summed E-state index contributed by atoms with van der Waals surface area (Å²) in [6.07, 6.45) is -0.936. The van der Waals surface area contributed by atoms with Crippen molar-refractivity contribution in [2.24, 2.45) is 0 Å². The number of aromatic carboxylic acids is 2. The van der Waals surface area contributed by atoms with Crippen molar-refractivity contribution in [3.05, 3.63) is 17.5 Å². The molecule has 0 amide bonds. The first-order chi connectivity index (χ1) is 6.43. The van der Waals surface area contributed by atoms with Gasteiger partial charge < -0.3 is 15.3 Å². The van der Waals surface area contributed by atoms with E-state index in [0.29, 0.717) is 6.20 Å². The lowest BCUT2D eigenvalue weighted by molar-refractivity contribution is 0.0648. The summed E-state index contributed by atoms with van der Waals surface area (Å²) < 4.78 is 0.229. The van der Waals surface area contributed by atoms with Crippen molar-refractivity contribution in [2.45, 2.75) is 0 Å². The number of carboxylic acid groups (broad SMARTS) is 3. The van der Waals surface area contributed by atoms with Crippen molar-refractivity contribution in [3.8, 4) is 0 Å². The molecule has 1 rings (SSSR count). The van der Waals surface area contributed by atoms with Crippen LogP contribution in [0.2, 0.25) is 0 Å². The van der Waals surface area contributed by atoms with Crippen LogP contribution in [0, 0.1) is 0 Å². The molecule has 1 aromatic heterocycles. The number of carbonyl (C=O) groups is 3. The minimum absolute atomic E-state index is 0.229. The smallest absolute Gasteiger partial charge is 0.432 e. The van der Waals surface area contributed by atoms with E-state index in [2.05, 4.69) is 5.10 Å². The van der Waals surface area contributed by atoms with Crippen LogP contribution < -0.4 is 0 Å². The first-order valence-corrected chi connectivity index (χ1v) is 3.23. The molecule has 0 saturated carbocycles. The molecule has 8 heteroatoms. The van der Waals surface area contributed by atoms with Gasteiger partial charge >= 0.3 is 18.0 Å². The summed E-state index contributed by atoms with van der Waals surface area (Å²) >= 11 is 0. The van der Waals surface area contributed by atoms with Crippen molar-refractivity contribution in [2.75, 3.05) is 0 Å². The standard InChI is InChI=1S/C6H4N2O6/c9-4(10)2-1-8(6(13)14)7-3(2)5(11)12/h1H,(H,9,10)(H,11,12)(H,13,14). The van der Waals surface area contributed by atoms with Crippen LogP contribution in [-0.2, 0) is 0 Å². The van der Waals surface area contributed by atoms with Crippen molar-refractivity contribution < 1.29 is 29.7 Å². The van der Waals surface area contributed by atoms with Gasteiger partial charge in [0.05, 0.1) is 6.20 Å². The topological polar surface area (TPSA) is 130 Å². The van der Waals surface area contributed by atoms with Gasteiger partial charge in [0.1, 0.15) is 5.56 Å². The highest BCUT2D eigenvalue weighted by Gasteiger charge is 2.22. The van der Waals surface area contributed by atoms with Crippen LogP contribution in [0.3, 0.4) is 0 Å². The first-order valence-electron chi connectivity index (χ1n) is 3.23. The molecule has 0 saturated heterocycles. The van der Waals surface area contributed by atoms with Gasteiger partial charge in [0, 0.05) is 0 Å². The Labute approximate surface area is 76.0 Å². The van der Waals surface area contributed by atoms with Crippen LogP contribution in [0.5, 0.6) is 0 Å². The Bertz CT molecular complexity index is 388. The number of rotatable bonds is 2. The second-order valence-corrected chi connectivity index (χ2v) is 2.23. The average molecular weight is 200 g/mol. The van der Waals surface area contributed by atoms with Gasteiger partial charge in [0.15, 0.2) is 5.69 Å². The van der Waals surface area contributed by atoms with Crippen LogP contribution in [0.15, 0.2) is 6.20 Å². The second kappa shape index (κ2) is 3.17. The molecule has 0 atom stereocenters. The summed E-state index contributed by atoms with van der Waals surface area (Å²) in [5, 5.41) is 28.4.